The van der Waals surface area contributed by atoms with Crippen LogP contribution in [0.1, 0.15) is 34.6 Å². The van der Waals surface area contributed by atoms with Crippen LogP contribution in [0.4, 0.5) is 5.69 Å². The molecule has 37 heavy (non-hydrogen) atoms. The van der Waals surface area contributed by atoms with Gasteiger partial charge in [0.1, 0.15) is 5.75 Å². The first-order valence-electron chi connectivity index (χ1n) is 12.7. The lowest BCUT2D eigenvalue weighted by Gasteiger charge is -2.18. The minimum atomic E-state index is -0.545. The van der Waals surface area contributed by atoms with Crippen molar-refractivity contribution in [2.24, 2.45) is 0 Å². The molecule has 0 radical (unpaired) electrons. The van der Waals surface area contributed by atoms with Crippen molar-refractivity contribution in [3.05, 3.63) is 126 Å². The molecule has 7 rings (SSSR count). The number of carbonyl (C=O) groups is 1. The number of aromatic nitrogens is 2. The number of hydrogen-bond donors (Lipinski definition) is 0. The van der Waals surface area contributed by atoms with E-state index in [9.17, 15) is 4.79 Å². The number of rotatable bonds is 6. The molecule has 1 saturated carbocycles. The number of ether oxygens (including phenoxy) is 1. The molecule has 1 fully saturated rings. The zero-order valence-corrected chi connectivity index (χ0v) is 20.7. The van der Waals surface area contributed by atoms with Crippen LogP contribution in [0.3, 0.4) is 0 Å². The van der Waals surface area contributed by atoms with Crippen molar-refractivity contribution in [3.63, 3.8) is 0 Å². The van der Waals surface area contributed by atoms with E-state index in [0.717, 1.165) is 39.9 Å². The molecule has 1 aliphatic heterocycles. The average Bonchev–Trinajstić information content (AvgIpc) is 3.53. The largest absolute Gasteiger partial charge is 0.497 e. The maximum Gasteiger partial charge on any atom is 0.238 e. The topological polar surface area (TPSA) is 47.4 Å². The number of nitrogens with zero attached hydrogens (tertiary/aromatic N) is 3. The Morgan fingerprint density at radius 3 is 2.35 bits per heavy atom. The Morgan fingerprint density at radius 1 is 0.892 bits per heavy atom. The monoisotopic (exact) mass is 485 g/mol. The van der Waals surface area contributed by atoms with Crippen molar-refractivity contribution in [1.29, 1.82) is 0 Å². The van der Waals surface area contributed by atoms with Gasteiger partial charge in [-0.2, -0.15) is 5.10 Å². The predicted octanol–water partition coefficient (Wildman–Crippen LogP) is 6.07. The van der Waals surface area contributed by atoms with E-state index < -0.39 is 5.41 Å². The third-order valence-electron chi connectivity index (χ3n) is 7.99. The van der Waals surface area contributed by atoms with Crippen LogP contribution in [-0.4, -0.2) is 22.8 Å². The van der Waals surface area contributed by atoms with Crippen LogP contribution in [0, 0.1) is 0 Å². The fourth-order valence-corrected chi connectivity index (χ4v) is 6.01. The van der Waals surface area contributed by atoms with Crippen LogP contribution in [0.2, 0.25) is 0 Å². The lowest BCUT2D eigenvalue weighted by atomic mass is 9.91. The Kier molecular flexibility index (Phi) is 4.93. The molecule has 2 aliphatic rings. The Balaban J connectivity index is 1.27. The van der Waals surface area contributed by atoms with Crippen LogP contribution >= 0.6 is 0 Å². The molecule has 4 aromatic carbocycles. The molecule has 5 aromatic rings. The second kappa shape index (κ2) is 8.34. The normalized spacial score (nSPS) is 20.0. The van der Waals surface area contributed by atoms with E-state index in [1.165, 1.54) is 11.1 Å². The van der Waals surface area contributed by atoms with Crippen LogP contribution in [0.5, 0.6) is 5.75 Å². The molecular formula is C32H27N3O2. The summed E-state index contributed by atoms with van der Waals surface area (Å²) in [4.78, 5) is 16.1. The summed E-state index contributed by atoms with van der Waals surface area (Å²) in [5.74, 6) is 1.09. The summed E-state index contributed by atoms with van der Waals surface area (Å²) < 4.78 is 7.62. The highest BCUT2D eigenvalue weighted by Crippen LogP contribution is 2.67. The van der Waals surface area contributed by atoms with E-state index in [2.05, 4.69) is 70.4 Å². The summed E-state index contributed by atoms with van der Waals surface area (Å²) in [5, 5.41) is 5.77. The molecular weight excluding hydrogens is 458 g/mol. The van der Waals surface area contributed by atoms with Crippen molar-refractivity contribution < 1.29 is 9.53 Å². The number of methoxy groups -OCH3 is 1. The van der Waals surface area contributed by atoms with E-state index in [4.69, 9.17) is 4.74 Å². The van der Waals surface area contributed by atoms with Gasteiger partial charge in [-0.1, -0.05) is 72.8 Å². The summed E-state index contributed by atoms with van der Waals surface area (Å²) >= 11 is 0. The first kappa shape index (κ1) is 21.9. The number of amides is 1. The molecule has 2 atom stereocenters. The van der Waals surface area contributed by atoms with Crippen LogP contribution in [0.25, 0.3) is 10.9 Å². The Morgan fingerprint density at radius 2 is 1.62 bits per heavy atom. The van der Waals surface area contributed by atoms with E-state index in [1.807, 2.05) is 47.5 Å². The Hall–Kier alpha value is -4.38. The minimum absolute atomic E-state index is 0.121. The Labute approximate surface area is 215 Å². The highest BCUT2D eigenvalue weighted by Gasteiger charge is 2.67. The van der Waals surface area contributed by atoms with Crippen molar-refractivity contribution in [1.82, 2.24) is 9.78 Å². The van der Waals surface area contributed by atoms with Gasteiger partial charge in [-0.15, -0.1) is 0 Å². The van der Waals surface area contributed by atoms with Crippen molar-refractivity contribution in [2.45, 2.75) is 30.8 Å². The summed E-state index contributed by atoms with van der Waals surface area (Å²) in [5.41, 5.74) is 6.15. The van der Waals surface area contributed by atoms with Gasteiger partial charge >= 0.3 is 0 Å². The zero-order valence-electron chi connectivity index (χ0n) is 20.7. The maximum atomic E-state index is 14.1. The fraction of sp³-hybridized carbons (Fsp3) is 0.188. The van der Waals surface area contributed by atoms with Crippen LogP contribution < -0.4 is 9.64 Å². The van der Waals surface area contributed by atoms with Crippen molar-refractivity contribution in [2.75, 3.05) is 12.0 Å². The second-order valence-electron chi connectivity index (χ2n) is 10.1. The molecule has 5 nitrogen and oxygen atoms in total. The molecule has 0 bridgehead atoms. The summed E-state index contributed by atoms with van der Waals surface area (Å²) in [7, 11) is 1.68. The number of benzene rings is 4. The van der Waals surface area contributed by atoms with Gasteiger partial charge in [0.2, 0.25) is 5.91 Å². The Bertz CT molecular complexity index is 1630. The van der Waals surface area contributed by atoms with Gasteiger partial charge in [-0.25, -0.2) is 0 Å². The molecule has 182 valence electrons. The van der Waals surface area contributed by atoms with Crippen LogP contribution in [-0.2, 0) is 23.3 Å². The van der Waals surface area contributed by atoms with Gasteiger partial charge in [0.05, 0.1) is 37.3 Å². The molecule has 2 heterocycles. The molecule has 1 aliphatic carbocycles. The average molecular weight is 486 g/mol. The third-order valence-corrected chi connectivity index (χ3v) is 7.99. The highest BCUT2D eigenvalue weighted by atomic mass is 16.5. The fourth-order valence-electron chi connectivity index (χ4n) is 6.01. The number of carbonyl (C=O) groups excluding carboxylic acids is 1. The maximum absolute atomic E-state index is 14.1. The molecule has 0 N–H and O–H groups in total. The SMILES string of the molecule is COc1ccc2c(c1)C1(CC1c1ccc3cnn(Cc4ccccc4)c3c1)C(=O)N2Cc1ccccc1. The smallest absolute Gasteiger partial charge is 0.238 e. The first-order valence-corrected chi connectivity index (χ1v) is 12.7. The predicted molar refractivity (Wildman–Crippen MR) is 145 cm³/mol. The quantitative estimate of drug-likeness (QED) is 0.294. The molecule has 1 spiro atoms. The molecule has 0 saturated heterocycles. The van der Waals surface area contributed by atoms with Gasteiger partial charge in [-0.3, -0.25) is 9.48 Å². The van der Waals surface area contributed by atoms with Gasteiger partial charge in [0.25, 0.3) is 0 Å². The molecule has 1 aromatic heterocycles. The van der Waals surface area contributed by atoms with Gasteiger partial charge in [0, 0.05) is 17.0 Å². The molecule has 5 heteroatoms. The highest BCUT2D eigenvalue weighted by molar-refractivity contribution is 6.11. The van der Waals surface area contributed by atoms with E-state index in [1.54, 1.807) is 7.11 Å². The molecule has 1 amide bonds. The zero-order chi connectivity index (χ0) is 25.0. The van der Waals surface area contributed by atoms with Crippen LogP contribution in [0.15, 0.2) is 103 Å². The van der Waals surface area contributed by atoms with Gasteiger partial charge < -0.3 is 9.64 Å². The lowest BCUT2D eigenvalue weighted by Crippen LogP contribution is -2.32. The summed E-state index contributed by atoms with van der Waals surface area (Å²) in [6, 6.07) is 33.2. The van der Waals surface area contributed by atoms with E-state index in [0.29, 0.717) is 13.1 Å². The van der Waals surface area contributed by atoms with Crippen molar-refractivity contribution >= 4 is 22.5 Å². The summed E-state index contributed by atoms with van der Waals surface area (Å²) in [6.07, 6.45) is 2.73. The molecule has 2 unspecified atom stereocenters. The van der Waals surface area contributed by atoms with E-state index in [-0.39, 0.29) is 11.8 Å². The van der Waals surface area contributed by atoms with Crippen molar-refractivity contribution in [3.8, 4) is 5.75 Å². The standard InChI is InChI=1S/C32H27N3O2/c1-37-26-14-15-29-27(17-26)32(31(36)34(29)20-22-8-4-2-5-9-22)18-28(32)24-12-13-25-19-33-35(30(25)16-24)21-23-10-6-3-7-11-23/h2-17,19,28H,18,20-21H2,1H3. The first-order chi connectivity index (χ1) is 18.2. The lowest BCUT2D eigenvalue weighted by molar-refractivity contribution is -0.120. The second-order valence-corrected chi connectivity index (χ2v) is 10.1. The summed E-state index contributed by atoms with van der Waals surface area (Å²) in [6.45, 7) is 1.28. The third kappa shape index (κ3) is 3.45. The van der Waals surface area contributed by atoms with Gasteiger partial charge in [-0.05, 0) is 52.9 Å². The van der Waals surface area contributed by atoms with Gasteiger partial charge in [0.15, 0.2) is 0 Å². The van der Waals surface area contributed by atoms with E-state index >= 15 is 0 Å². The number of hydrogen-bond acceptors (Lipinski definition) is 3. The number of anilines is 1. The number of fused-ring (bicyclic) bond motifs is 3. The minimum Gasteiger partial charge on any atom is -0.497 e.